The number of nitrogens with one attached hydrogen (secondary N) is 1. The van der Waals surface area contributed by atoms with Crippen LogP contribution in [0.5, 0.6) is 0 Å². The van der Waals surface area contributed by atoms with Gasteiger partial charge in [-0.3, -0.25) is 9.59 Å². The number of rotatable bonds is 6. The molecule has 2 amide bonds. The van der Waals surface area contributed by atoms with Crippen molar-refractivity contribution in [3.05, 3.63) is 35.4 Å². The lowest BCUT2D eigenvalue weighted by atomic mass is 9.86. The second-order valence-corrected chi connectivity index (χ2v) is 6.50. The molecule has 1 aromatic carbocycles. The highest BCUT2D eigenvalue weighted by atomic mass is 16.2. The zero-order valence-corrected chi connectivity index (χ0v) is 13.6. The highest BCUT2D eigenvalue weighted by Crippen LogP contribution is 2.22. The Kier molecular flexibility index (Phi) is 5.85. The maximum atomic E-state index is 12.2. The minimum atomic E-state index is -0.835. The highest BCUT2D eigenvalue weighted by molar-refractivity contribution is 5.97. The van der Waals surface area contributed by atoms with Crippen molar-refractivity contribution in [3.63, 3.8) is 0 Å². The summed E-state index contributed by atoms with van der Waals surface area (Å²) in [7, 11) is 0. The van der Waals surface area contributed by atoms with E-state index in [1.807, 2.05) is 12.1 Å². The van der Waals surface area contributed by atoms with Gasteiger partial charge in [0.15, 0.2) is 0 Å². The van der Waals surface area contributed by atoms with Crippen molar-refractivity contribution >= 4 is 17.6 Å². The van der Waals surface area contributed by atoms with Gasteiger partial charge in [0.1, 0.15) is 11.8 Å². The lowest BCUT2D eigenvalue weighted by Gasteiger charge is -2.19. The number of carbonyl (C=O) groups excluding carboxylic acids is 3. The number of nitrogens with two attached hydrogens (primary N) is 1. The van der Waals surface area contributed by atoms with Crippen molar-refractivity contribution < 1.29 is 14.4 Å². The van der Waals surface area contributed by atoms with E-state index in [1.165, 1.54) is 6.92 Å². The third-order valence-corrected chi connectivity index (χ3v) is 3.45. The van der Waals surface area contributed by atoms with Crippen molar-refractivity contribution in [3.8, 4) is 0 Å². The second-order valence-electron chi connectivity index (χ2n) is 6.50. The van der Waals surface area contributed by atoms with Gasteiger partial charge in [-0.1, -0.05) is 32.9 Å². The van der Waals surface area contributed by atoms with Crippen LogP contribution < -0.4 is 11.1 Å². The van der Waals surface area contributed by atoms with Gasteiger partial charge in [-0.15, -0.1) is 0 Å². The SMILES string of the molecule is CC(=O)CC[C@H](NC(=O)c1ccc(C(C)(C)C)cc1)C(N)=O. The molecule has 0 fully saturated rings. The molecule has 0 aliphatic carbocycles. The average Bonchev–Trinajstić information content (AvgIpc) is 2.41. The summed E-state index contributed by atoms with van der Waals surface area (Å²) in [5, 5.41) is 2.58. The van der Waals surface area contributed by atoms with Gasteiger partial charge in [-0.2, -0.15) is 0 Å². The molecule has 0 spiro atoms. The van der Waals surface area contributed by atoms with E-state index in [0.717, 1.165) is 5.56 Å². The molecule has 1 atom stereocenters. The number of primary amides is 1. The van der Waals surface area contributed by atoms with Gasteiger partial charge in [-0.25, -0.2) is 0 Å². The predicted molar refractivity (Wildman–Crippen MR) is 85.5 cm³/mol. The van der Waals surface area contributed by atoms with Crippen molar-refractivity contribution in [2.45, 2.75) is 52.0 Å². The number of benzene rings is 1. The van der Waals surface area contributed by atoms with Crippen molar-refractivity contribution in [1.82, 2.24) is 5.32 Å². The number of hydrogen-bond donors (Lipinski definition) is 2. The molecular weight excluding hydrogens is 280 g/mol. The lowest BCUT2D eigenvalue weighted by molar-refractivity contribution is -0.120. The van der Waals surface area contributed by atoms with Gasteiger partial charge in [0.05, 0.1) is 0 Å². The van der Waals surface area contributed by atoms with E-state index in [2.05, 4.69) is 26.1 Å². The summed E-state index contributed by atoms with van der Waals surface area (Å²) in [5.41, 5.74) is 6.85. The minimum Gasteiger partial charge on any atom is -0.368 e. The van der Waals surface area contributed by atoms with E-state index in [9.17, 15) is 14.4 Å². The molecule has 0 heterocycles. The van der Waals surface area contributed by atoms with Crippen molar-refractivity contribution in [1.29, 1.82) is 0 Å². The van der Waals surface area contributed by atoms with E-state index in [4.69, 9.17) is 5.73 Å². The van der Waals surface area contributed by atoms with Gasteiger partial charge in [-0.05, 0) is 36.5 Å². The molecule has 0 aliphatic rings. The van der Waals surface area contributed by atoms with E-state index in [-0.39, 0.29) is 29.9 Å². The van der Waals surface area contributed by atoms with Gasteiger partial charge >= 0.3 is 0 Å². The zero-order chi connectivity index (χ0) is 16.9. The second kappa shape index (κ2) is 7.20. The largest absolute Gasteiger partial charge is 0.368 e. The van der Waals surface area contributed by atoms with E-state index in [1.54, 1.807) is 12.1 Å². The Morgan fingerprint density at radius 1 is 1.14 bits per heavy atom. The highest BCUT2D eigenvalue weighted by Gasteiger charge is 2.20. The molecule has 0 saturated carbocycles. The number of ketones is 1. The van der Waals surface area contributed by atoms with Crippen molar-refractivity contribution in [2.24, 2.45) is 5.73 Å². The summed E-state index contributed by atoms with van der Waals surface area (Å²) in [6.45, 7) is 7.71. The fraction of sp³-hybridized carbons (Fsp3) is 0.471. The van der Waals surface area contributed by atoms with Gasteiger partial charge < -0.3 is 15.8 Å². The molecule has 22 heavy (non-hydrogen) atoms. The Morgan fingerprint density at radius 2 is 1.68 bits per heavy atom. The van der Waals surface area contributed by atoms with E-state index < -0.39 is 11.9 Å². The molecule has 5 nitrogen and oxygen atoms in total. The quantitative estimate of drug-likeness (QED) is 0.841. The van der Waals surface area contributed by atoms with Crippen LogP contribution in [-0.4, -0.2) is 23.6 Å². The van der Waals surface area contributed by atoms with Crippen LogP contribution in [0.1, 0.15) is 56.5 Å². The minimum absolute atomic E-state index is 0.00620. The summed E-state index contributed by atoms with van der Waals surface area (Å²) >= 11 is 0. The molecule has 0 unspecified atom stereocenters. The average molecular weight is 304 g/mol. The van der Waals surface area contributed by atoms with Crippen LogP contribution in [0.4, 0.5) is 0 Å². The summed E-state index contributed by atoms with van der Waals surface area (Å²) < 4.78 is 0. The first kappa shape index (κ1) is 17.9. The Bertz CT molecular complexity index is 556. The fourth-order valence-electron chi connectivity index (χ4n) is 2.00. The standard InChI is InChI=1S/C17H24N2O3/c1-11(20)5-10-14(15(18)21)19-16(22)12-6-8-13(9-7-12)17(2,3)4/h6-9,14H,5,10H2,1-4H3,(H2,18,21)(H,19,22)/t14-/m0/s1. The molecule has 0 bridgehead atoms. The summed E-state index contributed by atoms with van der Waals surface area (Å²) in [4.78, 5) is 34.5. The van der Waals surface area contributed by atoms with Crippen LogP contribution in [0.2, 0.25) is 0 Å². The van der Waals surface area contributed by atoms with Crippen LogP contribution in [0.25, 0.3) is 0 Å². The van der Waals surface area contributed by atoms with Crippen LogP contribution >= 0.6 is 0 Å². The third-order valence-electron chi connectivity index (χ3n) is 3.45. The molecule has 1 rings (SSSR count). The number of hydrogen-bond acceptors (Lipinski definition) is 3. The number of amides is 2. The summed E-state index contributed by atoms with van der Waals surface area (Å²) in [6, 6.07) is 6.39. The first-order valence-electron chi connectivity index (χ1n) is 7.31. The first-order valence-corrected chi connectivity index (χ1v) is 7.31. The molecule has 1 aromatic rings. The number of Topliss-reactive ketones (excluding diaryl/α,β-unsaturated/α-hetero) is 1. The zero-order valence-electron chi connectivity index (χ0n) is 13.6. The molecule has 0 radical (unpaired) electrons. The summed E-state index contributed by atoms with van der Waals surface area (Å²) in [6.07, 6.45) is 0.424. The Balaban J connectivity index is 2.77. The van der Waals surface area contributed by atoms with Crippen molar-refractivity contribution in [2.75, 3.05) is 0 Å². The summed E-state index contributed by atoms with van der Waals surface area (Å²) in [5.74, 6) is -1.05. The topological polar surface area (TPSA) is 89.3 Å². The molecule has 0 aliphatic heterocycles. The third kappa shape index (κ3) is 5.31. The normalized spacial score (nSPS) is 12.5. The molecule has 0 saturated heterocycles. The fourth-order valence-corrected chi connectivity index (χ4v) is 2.00. The monoisotopic (exact) mass is 304 g/mol. The predicted octanol–water partition coefficient (Wildman–Crippen LogP) is 1.94. The first-order chi connectivity index (χ1) is 10.1. The molecule has 120 valence electrons. The smallest absolute Gasteiger partial charge is 0.251 e. The van der Waals surface area contributed by atoms with Gasteiger partial charge in [0, 0.05) is 12.0 Å². The van der Waals surface area contributed by atoms with Crippen LogP contribution in [0.3, 0.4) is 0 Å². The Labute approximate surface area is 131 Å². The van der Waals surface area contributed by atoms with E-state index >= 15 is 0 Å². The molecule has 5 heteroatoms. The van der Waals surface area contributed by atoms with Crippen LogP contribution in [0, 0.1) is 0 Å². The van der Waals surface area contributed by atoms with E-state index in [0.29, 0.717) is 5.56 Å². The maximum absolute atomic E-state index is 12.2. The molecule has 3 N–H and O–H groups in total. The van der Waals surface area contributed by atoms with Crippen LogP contribution in [0.15, 0.2) is 24.3 Å². The molecular formula is C17H24N2O3. The van der Waals surface area contributed by atoms with Gasteiger partial charge in [0.25, 0.3) is 5.91 Å². The Morgan fingerprint density at radius 3 is 2.09 bits per heavy atom. The van der Waals surface area contributed by atoms with Gasteiger partial charge in [0.2, 0.25) is 5.91 Å². The maximum Gasteiger partial charge on any atom is 0.251 e. The lowest BCUT2D eigenvalue weighted by Crippen LogP contribution is -2.44. The van der Waals surface area contributed by atoms with Crippen LogP contribution in [-0.2, 0) is 15.0 Å². The molecule has 0 aromatic heterocycles. The Hall–Kier alpha value is -2.17. The number of carbonyl (C=O) groups is 3.